The van der Waals surface area contributed by atoms with Crippen LogP contribution >= 0.6 is 11.6 Å². The van der Waals surface area contributed by atoms with Gasteiger partial charge in [-0.15, -0.1) is 0 Å². The molecule has 0 radical (unpaired) electrons. The van der Waals surface area contributed by atoms with E-state index < -0.39 is 6.10 Å². The molecule has 0 amide bonds. The largest absolute Gasteiger partial charge is 0.388 e. The summed E-state index contributed by atoms with van der Waals surface area (Å²) in [6.45, 7) is 0.527. The Morgan fingerprint density at radius 3 is 2.47 bits per heavy atom. The third kappa shape index (κ3) is 2.49. The van der Waals surface area contributed by atoms with Crippen LogP contribution in [0.5, 0.6) is 0 Å². The molecule has 1 fully saturated rings. The van der Waals surface area contributed by atoms with E-state index in [-0.39, 0.29) is 5.41 Å². The topological polar surface area (TPSA) is 46.2 Å². The fourth-order valence-electron chi connectivity index (χ4n) is 2.87. The maximum Gasteiger partial charge on any atom is 0.0872 e. The summed E-state index contributed by atoms with van der Waals surface area (Å²) >= 11 is 6.16. The van der Waals surface area contributed by atoms with Crippen LogP contribution in [0.15, 0.2) is 24.3 Å². The quantitative estimate of drug-likeness (QED) is 0.868. The van der Waals surface area contributed by atoms with E-state index in [0.717, 1.165) is 31.2 Å². The molecule has 1 aromatic rings. The van der Waals surface area contributed by atoms with Gasteiger partial charge in [-0.1, -0.05) is 49.1 Å². The lowest BCUT2D eigenvalue weighted by atomic mass is 9.68. The molecule has 0 spiro atoms. The number of aliphatic hydroxyl groups is 1. The average molecular weight is 254 g/mol. The van der Waals surface area contributed by atoms with E-state index in [2.05, 4.69) is 0 Å². The summed E-state index contributed by atoms with van der Waals surface area (Å²) in [7, 11) is 0. The number of hydrogen-bond acceptors (Lipinski definition) is 2. The van der Waals surface area contributed by atoms with E-state index in [1.807, 2.05) is 24.3 Å². The zero-order valence-electron chi connectivity index (χ0n) is 10.0. The van der Waals surface area contributed by atoms with Gasteiger partial charge in [0.15, 0.2) is 0 Å². The summed E-state index contributed by atoms with van der Waals surface area (Å²) in [5.41, 5.74) is 6.57. The van der Waals surface area contributed by atoms with Gasteiger partial charge in [0.1, 0.15) is 0 Å². The van der Waals surface area contributed by atoms with Crippen molar-refractivity contribution in [3.8, 4) is 0 Å². The Morgan fingerprint density at radius 1 is 1.24 bits per heavy atom. The molecule has 1 aromatic carbocycles. The number of nitrogens with two attached hydrogens (primary N) is 1. The Labute approximate surface area is 108 Å². The standard InChI is InChI=1S/C14H20ClNO/c15-12-7-3-2-6-11(12)13(17)14(10-16)8-4-1-5-9-14/h2-3,6-7,13,17H,1,4-5,8-10,16H2. The van der Waals surface area contributed by atoms with Gasteiger partial charge in [-0.2, -0.15) is 0 Å². The smallest absolute Gasteiger partial charge is 0.0872 e. The molecule has 94 valence electrons. The molecule has 1 aliphatic carbocycles. The van der Waals surface area contributed by atoms with Crippen molar-refractivity contribution in [2.75, 3.05) is 6.54 Å². The van der Waals surface area contributed by atoms with Crippen molar-refractivity contribution in [1.82, 2.24) is 0 Å². The number of aliphatic hydroxyl groups excluding tert-OH is 1. The number of halogens is 1. The summed E-state index contributed by atoms with van der Waals surface area (Å²) in [4.78, 5) is 0. The fraction of sp³-hybridized carbons (Fsp3) is 0.571. The lowest BCUT2D eigenvalue weighted by molar-refractivity contribution is 0.000766. The zero-order chi connectivity index (χ0) is 12.3. The maximum atomic E-state index is 10.6. The van der Waals surface area contributed by atoms with E-state index in [1.54, 1.807) is 0 Å². The third-order valence-corrected chi connectivity index (χ3v) is 4.38. The molecule has 1 unspecified atom stereocenters. The summed E-state index contributed by atoms with van der Waals surface area (Å²) in [6, 6.07) is 7.53. The second-order valence-corrected chi connectivity index (χ2v) is 5.46. The van der Waals surface area contributed by atoms with Gasteiger partial charge in [0, 0.05) is 17.0 Å². The van der Waals surface area contributed by atoms with Crippen LogP contribution < -0.4 is 5.73 Å². The molecule has 0 aromatic heterocycles. The highest BCUT2D eigenvalue weighted by Crippen LogP contribution is 2.46. The second kappa shape index (κ2) is 5.38. The molecule has 2 rings (SSSR count). The van der Waals surface area contributed by atoms with Crippen molar-refractivity contribution in [2.24, 2.45) is 11.1 Å². The summed E-state index contributed by atoms with van der Waals surface area (Å²) in [5, 5.41) is 11.2. The molecule has 17 heavy (non-hydrogen) atoms. The average Bonchev–Trinajstić information content (AvgIpc) is 2.39. The van der Waals surface area contributed by atoms with Crippen molar-refractivity contribution in [1.29, 1.82) is 0 Å². The highest BCUT2D eigenvalue weighted by Gasteiger charge is 2.39. The molecule has 2 nitrogen and oxygen atoms in total. The Kier molecular flexibility index (Phi) is 4.08. The zero-order valence-corrected chi connectivity index (χ0v) is 10.8. The van der Waals surface area contributed by atoms with Gasteiger partial charge in [-0.25, -0.2) is 0 Å². The van der Waals surface area contributed by atoms with Gasteiger partial charge in [0.05, 0.1) is 6.10 Å². The molecule has 1 atom stereocenters. The summed E-state index contributed by atoms with van der Waals surface area (Å²) in [6.07, 6.45) is 5.00. The third-order valence-electron chi connectivity index (χ3n) is 4.04. The maximum absolute atomic E-state index is 10.6. The molecular weight excluding hydrogens is 234 g/mol. The minimum atomic E-state index is -0.540. The molecule has 3 heteroatoms. The van der Waals surface area contributed by atoms with Crippen LogP contribution in [0.3, 0.4) is 0 Å². The molecule has 0 heterocycles. The lowest BCUT2D eigenvalue weighted by Gasteiger charge is -2.40. The first kappa shape index (κ1) is 12.9. The minimum absolute atomic E-state index is 0.177. The second-order valence-electron chi connectivity index (χ2n) is 5.05. The van der Waals surface area contributed by atoms with E-state index in [9.17, 15) is 5.11 Å². The van der Waals surface area contributed by atoms with Crippen LogP contribution in [0.4, 0.5) is 0 Å². The van der Waals surface area contributed by atoms with Crippen LogP contribution in [0.2, 0.25) is 5.02 Å². The van der Waals surface area contributed by atoms with Gasteiger partial charge < -0.3 is 10.8 Å². The van der Waals surface area contributed by atoms with Gasteiger partial charge >= 0.3 is 0 Å². The SMILES string of the molecule is NCC1(C(O)c2ccccc2Cl)CCCCC1. The first-order chi connectivity index (χ1) is 8.19. The first-order valence-corrected chi connectivity index (χ1v) is 6.70. The molecule has 0 bridgehead atoms. The first-order valence-electron chi connectivity index (χ1n) is 6.32. The lowest BCUT2D eigenvalue weighted by Crippen LogP contribution is -2.38. The van der Waals surface area contributed by atoms with Crippen LogP contribution in [-0.4, -0.2) is 11.7 Å². The fourth-order valence-corrected chi connectivity index (χ4v) is 3.11. The Hall–Kier alpha value is -0.570. The number of hydrogen-bond donors (Lipinski definition) is 2. The van der Waals surface area contributed by atoms with E-state index >= 15 is 0 Å². The van der Waals surface area contributed by atoms with Crippen molar-refractivity contribution in [3.05, 3.63) is 34.9 Å². The molecule has 3 N–H and O–H groups in total. The van der Waals surface area contributed by atoms with E-state index in [0.29, 0.717) is 11.6 Å². The highest BCUT2D eigenvalue weighted by molar-refractivity contribution is 6.31. The van der Waals surface area contributed by atoms with Crippen molar-refractivity contribution in [3.63, 3.8) is 0 Å². The molecular formula is C14H20ClNO. The van der Waals surface area contributed by atoms with Crippen LogP contribution in [0.25, 0.3) is 0 Å². The highest BCUT2D eigenvalue weighted by atomic mass is 35.5. The van der Waals surface area contributed by atoms with Gasteiger partial charge in [0.25, 0.3) is 0 Å². The predicted octanol–water partition coefficient (Wildman–Crippen LogP) is 3.28. The number of rotatable bonds is 3. The Bertz CT molecular complexity index is 374. The Balaban J connectivity index is 2.28. The summed E-state index contributed by atoms with van der Waals surface area (Å²) in [5.74, 6) is 0. The van der Waals surface area contributed by atoms with Gasteiger partial charge in [-0.05, 0) is 24.5 Å². The van der Waals surface area contributed by atoms with Crippen LogP contribution in [-0.2, 0) is 0 Å². The molecule has 0 saturated heterocycles. The predicted molar refractivity (Wildman–Crippen MR) is 71.0 cm³/mol. The van der Waals surface area contributed by atoms with Gasteiger partial charge in [-0.3, -0.25) is 0 Å². The van der Waals surface area contributed by atoms with Crippen molar-refractivity contribution < 1.29 is 5.11 Å². The Morgan fingerprint density at radius 2 is 1.88 bits per heavy atom. The molecule has 1 aliphatic rings. The number of benzene rings is 1. The monoisotopic (exact) mass is 253 g/mol. The molecule has 0 aliphatic heterocycles. The van der Waals surface area contributed by atoms with Crippen LogP contribution in [0, 0.1) is 5.41 Å². The van der Waals surface area contributed by atoms with E-state index in [1.165, 1.54) is 6.42 Å². The summed E-state index contributed by atoms with van der Waals surface area (Å²) < 4.78 is 0. The van der Waals surface area contributed by atoms with Crippen molar-refractivity contribution in [2.45, 2.75) is 38.2 Å². The van der Waals surface area contributed by atoms with Crippen LogP contribution in [0.1, 0.15) is 43.8 Å². The minimum Gasteiger partial charge on any atom is -0.388 e. The molecule has 1 saturated carbocycles. The van der Waals surface area contributed by atoms with Gasteiger partial charge in [0.2, 0.25) is 0 Å². The van der Waals surface area contributed by atoms with Crippen molar-refractivity contribution >= 4 is 11.6 Å². The normalized spacial score (nSPS) is 21.1. The van der Waals surface area contributed by atoms with E-state index in [4.69, 9.17) is 17.3 Å².